The predicted octanol–water partition coefficient (Wildman–Crippen LogP) is 1.96. The normalized spacial score (nSPS) is 27.2. The summed E-state index contributed by atoms with van der Waals surface area (Å²) in [6.45, 7) is 5.93. The van der Waals surface area contributed by atoms with Crippen molar-refractivity contribution in [2.75, 3.05) is 26.4 Å². The van der Waals surface area contributed by atoms with Crippen LogP contribution in [0.1, 0.15) is 39.0 Å². The quantitative estimate of drug-likeness (QED) is 0.643. The van der Waals surface area contributed by atoms with E-state index in [1.54, 1.807) is 0 Å². The van der Waals surface area contributed by atoms with Crippen LogP contribution in [0, 0.1) is 5.92 Å². The van der Waals surface area contributed by atoms with E-state index in [9.17, 15) is 0 Å². The Kier molecular flexibility index (Phi) is 5.07. The van der Waals surface area contributed by atoms with E-state index in [-0.39, 0.29) is 0 Å². The Bertz CT molecular complexity index is 188. The van der Waals surface area contributed by atoms with E-state index in [2.05, 4.69) is 12.2 Å². The van der Waals surface area contributed by atoms with Gasteiger partial charge in [-0.25, -0.2) is 0 Å². The highest BCUT2D eigenvalue weighted by Crippen LogP contribution is 2.33. The molecule has 2 unspecified atom stereocenters. The standard InChI is InChI=1S/C13H25NO2/c1-11(9-12-3-4-12)14-6-2-7-16-13-5-8-15-10-13/h11-14H,2-10H2,1H3. The molecule has 0 radical (unpaired) electrons. The van der Waals surface area contributed by atoms with E-state index < -0.39 is 0 Å². The van der Waals surface area contributed by atoms with Crippen LogP contribution in [-0.4, -0.2) is 38.5 Å². The van der Waals surface area contributed by atoms with Gasteiger partial charge in [0.05, 0.1) is 12.7 Å². The minimum absolute atomic E-state index is 0.365. The molecular weight excluding hydrogens is 202 g/mol. The Morgan fingerprint density at radius 3 is 2.94 bits per heavy atom. The van der Waals surface area contributed by atoms with Crippen molar-refractivity contribution in [2.45, 2.75) is 51.2 Å². The monoisotopic (exact) mass is 227 g/mol. The maximum absolute atomic E-state index is 5.71. The predicted molar refractivity (Wildman–Crippen MR) is 64.6 cm³/mol. The first-order valence-electron chi connectivity index (χ1n) is 6.77. The zero-order valence-electron chi connectivity index (χ0n) is 10.4. The van der Waals surface area contributed by atoms with Crippen molar-refractivity contribution in [3.8, 4) is 0 Å². The van der Waals surface area contributed by atoms with Gasteiger partial charge in [-0.05, 0) is 38.6 Å². The van der Waals surface area contributed by atoms with Gasteiger partial charge in [0, 0.05) is 19.3 Å². The van der Waals surface area contributed by atoms with Crippen molar-refractivity contribution in [3.05, 3.63) is 0 Å². The van der Waals surface area contributed by atoms with Crippen LogP contribution >= 0.6 is 0 Å². The SMILES string of the molecule is CC(CC1CC1)NCCCOC1CCOC1. The van der Waals surface area contributed by atoms with Crippen LogP contribution in [0.2, 0.25) is 0 Å². The summed E-state index contributed by atoms with van der Waals surface area (Å²) < 4.78 is 11.0. The summed E-state index contributed by atoms with van der Waals surface area (Å²) >= 11 is 0. The molecule has 2 atom stereocenters. The lowest BCUT2D eigenvalue weighted by molar-refractivity contribution is 0.0414. The first-order valence-corrected chi connectivity index (χ1v) is 6.77. The van der Waals surface area contributed by atoms with Gasteiger partial charge >= 0.3 is 0 Å². The van der Waals surface area contributed by atoms with Crippen LogP contribution in [0.3, 0.4) is 0 Å². The summed E-state index contributed by atoms with van der Waals surface area (Å²) in [5.41, 5.74) is 0. The van der Waals surface area contributed by atoms with Gasteiger partial charge < -0.3 is 14.8 Å². The van der Waals surface area contributed by atoms with Crippen LogP contribution in [0.25, 0.3) is 0 Å². The molecule has 3 heteroatoms. The summed E-state index contributed by atoms with van der Waals surface area (Å²) in [6, 6.07) is 0.683. The molecule has 2 rings (SSSR count). The maximum atomic E-state index is 5.71. The van der Waals surface area contributed by atoms with E-state index >= 15 is 0 Å². The van der Waals surface area contributed by atoms with Crippen molar-refractivity contribution in [1.29, 1.82) is 0 Å². The summed E-state index contributed by atoms with van der Waals surface area (Å²) in [4.78, 5) is 0. The molecule has 0 bridgehead atoms. The van der Waals surface area contributed by atoms with Crippen LogP contribution in [0.4, 0.5) is 0 Å². The zero-order valence-corrected chi connectivity index (χ0v) is 10.4. The number of hydrogen-bond donors (Lipinski definition) is 1. The Hall–Kier alpha value is -0.120. The molecule has 1 heterocycles. The largest absolute Gasteiger partial charge is 0.379 e. The molecule has 0 aromatic rings. The molecule has 94 valence electrons. The fourth-order valence-electron chi connectivity index (χ4n) is 2.25. The smallest absolute Gasteiger partial charge is 0.0830 e. The summed E-state index contributed by atoms with van der Waals surface area (Å²) in [7, 11) is 0. The van der Waals surface area contributed by atoms with Crippen molar-refractivity contribution < 1.29 is 9.47 Å². The van der Waals surface area contributed by atoms with E-state index in [4.69, 9.17) is 9.47 Å². The van der Waals surface area contributed by atoms with Crippen molar-refractivity contribution >= 4 is 0 Å². The Morgan fingerprint density at radius 1 is 1.38 bits per heavy atom. The van der Waals surface area contributed by atoms with Gasteiger partial charge in [0.15, 0.2) is 0 Å². The molecule has 1 aliphatic heterocycles. The van der Waals surface area contributed by atoms with Gasteiger partial charge in [-0.1, -0.05) is 12.8 Å². The second-order valence-corrected chi connectivity index (χ2v) is 5.24. The van der Waals surface area contributed by atoms with E-state index in [1.807, 2.05) is 0 Å². The summed E-state index contributed by atoms with van der Waals surface area (Å²) in [6.07, 6.45) is 6.82. The first kappa shape index (κ1) is 12.3. The van der Waals surface area contributed by atoms with Gasteiger partial charge in [0.1, 0.15) is 0 Å². The molecule has 3 nitrogen and oxygen atoms in total. The Balaban J connectivity index is 1.39. The van der Waals surface area contributed by atoms with Crippen molar-refractivity contribution in [1.82, 2.24) is 5.32 Å². The first-order chi connectivity index (χ1) is 7.84. The molecule has 2 aliphatic rings. The highest BCUT2D eigenvalue weighted by molar-refractivity contribution is 4.77. The number of ether oxygens (including phenoxy) is 2. The lowest BCUT2D eigenvalue weighted by atomic mass is 10.1. The maximum Gasteiger partial charge on any atom is 0.0830 e. The fraction of sp³-hybridized carbons (Fsp3) is 1.00. The zero-order chi connectivity index (χ0) is 11.2. The molecule has 0 aromatic heterocycles. The minimum Gasteiger partial charge on any atom is -0.379 e. The third kappa shape index (κ3) is 4.81. The van der Waals surface area contributed by atoms with Crippen LogP contribution < -0.4 is 5.32 Å². The van der Waals surface area contributed by atoms with Crippen molar-refractivity contribution in [2.24, 2.45) is 5.92 Å². The van der Waals surface area contributed by atoms with Crippen LogP contribution in [0.5, 0.6) is 0 Å². The average Bonchev–Trinajstić information content (AvgIpc) is 2.93. The number of hydrogen-bond acceptors (Lipinski definition) is 3. The highest BCUT2D eigenvalue weighted by atomic mass is 16.5. The molecular formula is C13H25NO2. The van der Waals surface area contributed by atoms with Gasteiger partial charge in [-0.3, -0.25) is 0 Å². The number of rotatable bonds is 8. The van der Waals surface area contributed by atoms with E-state index in [1.165, 1.54) is 19.3 Å². The summed E-state index contributed by atoms with van der Waals surface area (Å²) in [5, 5.41) is 3.57. The molecule has 0 spiro atoms. The van der Waals surface area contributed by atoms with Gasteiger partial charge in [-0.2, -0.15) is 0 Å². The molecule has 1 saturated carbocycles. The van der Waals surface area contributed by atoms with Crippen molar-refractivity contribution in [3.63, 3.8) is 0 Å². The Morgan fingerprint density at radius 2 is 2.25 bits per heavy atom. The fourth-order valence-corrected chi connectivity index (χ4v) is 2.25. The van der Waals surface area contributed by atoms with Gasteiger partial charge in [0.2, 0.25) is 0 Å². The van der Waals surface area contributed by atoms with Gasteiger partial charge in [0.25, 0.3) is 0 Å². The third-order valence-electron chi connectivity index (χ3n) is 3.44. The van der Waals surface area contributed by atoms with E-state index in [0.29, 0.717) is 12.1 Å². The third-order valence-corrected chi connectivity index (χ3v) is 3.44. The van der Waals surface area contributed by atoms with Crippen LogP contribution in [0.15, 0.2) is 0 Å². The highest BCUT2D eigenvalue weighted by Gasteiger charge is 2.23. The average molecular weight is 227 g/mol. The molecule has 0 aromatic carbocycles. The summed E-state index contributed by atoms with van der Waals surface area (Å²) in [5.74, 6) is 1.02. The molecule has 1 saturated heterocycles. The van der Waals surface area contributed by atoms with Crippen LogP contribution in [-0.2, 0) is 9.47 Å². The second-order valence-electron chi connectivity index (χ2n) is 5.24. The lowest BCUT2D eigenvalue weighted by Gasteiger charge is -2.14. The Labute approximate surface area is 98.9 Å². The van der Waals surface area contributed by atoms with Gasteiger partial charge in [-0.15, -0.1) is 0 Å². The second kappa shape index (κ2) is 6.58. The molecule has 2 fully saturated rings. The molecule has 0 amide bonds. The van der Waals surface area contributed by atoms with E-state index in [0.717, 1.165) is 45.1 Å². The molecule has 1 N–H and O–H groups in total. The topological polar surface area (TPSA) is 30.5 Å². The lowest BCUT2D eigenvalue weighted by Crippen LogP contribution is -2.28. The number of nitrogens with one attached hydrogen (secondary N) is 1. The molecule has 16 heavy (non-hydrogen) atoms. The molecule has 1 aliphatic carbocycles. The minimum atomic E-state index is 0.365.